The van der Waals surface area contributed by atoms with Crippen molar-refractivity contribution < 1.29 is 14.6 Å². The molecule has 0 radical (unpaired) electrons. The van der Waals surface area contributed by atoms with E-state index in [0.29, 0.717) is 28.6 Å². The predicted octanol–water partition coefficient (Wildman–Crippen LogP) is 9.26. The van der Waals surface area contributed by atoms with Gasteiger partial charge in [0.15, 0.2) is 11.5 Å². The molecule has 5 nitrogen and oxygen atoms in total. The zero-order valence-corrected chi connectivity index (χ0v) is 21.2. The highest BCUT2D eigenvalue weighted by molar-refractivity contribution is 7.14. The number of aromatic nitrogens is 2. The molecule has 0 fully saturated rings. The van der Waals surface area contributed by atoms with E-state index in [-0.39, 0.29) is 5.76 Å². The number of hydrogen-bond donors (Lipinski definition) is 1. The molecule has 6 rings (SSSR count). The fourth-order valence-corrected chi connectivity index (χ4v) is 5.99. The lowest BCUT2D eigenvalue weighted by atomic mass is 10.0. The van der Waals surface area contributed by atoms with E-state index in [1.807, 2.05) is 65.4 Å². The molecule has 0 unspecified atom stereocenters. The van der Waals surface area contributed by atoms with Crippen LogP contribution in [0.5, 0.6) is 23.0 Å². The van der Waals surface area contributed by atoms with Gasteiger partial charge in [0, 0.05) is 15.3 Å². The number of benzene rings is 3. The van der Waals surface area contributed by atoms with Crippen molar-refractivity contribution in [2.75, 3.05) is 0 Å². The summed E-state index contributed by atoms with van der Waals surface area (Å²) >= 11 is 4.38. The topological polar surface area (TPSA) is 64.5 Å². The lowest BCUT2D eigenvalue weighted by molar-refractivity contribution is 0.422. The van der Waals surface area contributed by atoms with E-state index in [1.165, 1.54) is 11.7 Å². The zero-order chi connectivity index (χ0) is 24.5. The molecule has 8 heteroatoms. The minimum atomic E-state index is 0.00359. The van der Waals surface area contributed by atoms with Gasteiger partial charge in [-0.05, 0) is 59.3 Å². The van der Waals surface area contributed by atoms with E-state index in [4.69, 9.17) is 18.2 Å². The summed E-state index contributed by atoms with van der Waals surface area (Å²) in [6.45, 7) is 3.60. The standard InChI is InChI=1S/C28H18N2O3S3/c1-17(31)18-11-13-20(14-12-18)33-28-24(22-10-6-16-35-22)26-25(29-36-30-26)23(21-9-5-15-34-21)27(28)32-19-7-3-2-4-8-19/h2-16,31H,1H2. The number of hydrogen-bond acceptors (Lipinski definition) is 8. The molecule has 0 saturated carbocycles. The van der Waals surface area contributed by atoms with E-state index in [1.54, 1.807) is 46.9 Å². The highest BCUT2D eigenvalue weighted by atomic mass is 32.1. The molecule has 3 aromatic heterocycles. The second-order valence-corrected chi connectivity index (χ2v) is 10.2. The fraction of sp³-hybridized carbons (Fsp3) is 0. The maximum atomic E-state index is 9.75. The number of ether oxygens (including phenoxy) is 2. The molecule has 0 saturated heterocycles. The first-order valence-electron chi connectivity index (χ1n) is 11.0. The number of aliphatic hydroxyl groups is 1. The number of para-hydroxylation sites is 1. The molecule has 0 spiro atoms. The smallest absolute Gasteiger partial charge is 0.181 e. The Bertz CT molecular complexity index is 1640. The Kier molecular flexibility index (Phi) is 5.98. The van der Waals surface area contributed by atoms with E-state index >= 15 is 0 Å². The summed E-state index contributed by atoms with van der Waals surface area (Å²) in [5, 5.41) is 13.8. The van der Waals surface area contributed by atoms with Crippen LogP contribution in [0.4, 0.5) is 0 Å². The fourth-order valence-electron chi connectivity index (χ4n) is 3.89. The molecule has 3 aromatic carbocycles. The molecule has 36 heavy (non-hydrogen) atoms. The van der Waals surface area contributed by atoms with Gasteiger partial charge < -0.3 is 14.6 Å². The summed E-state index contributed by atoms with van der Waals surface area (Å²) < 4.78 is 22.6. The van der Waals surface area contributed by atoms with Crippen molar-refractivity contribution in [3.63, 3.8) is 0 Å². The molecule has 1 N–H and O–H groups in total. The van der Waals surface area contributed by atoms with E-state index in [2.05, 4.69) is 6.58 Å². The van der Waals surface area contributed by atoms with Crippen molar-refractivity contribution in [1.82, 2.24) is 8.75 Å². The van der Waals surface area contributed by atoms with Crippen LogP contribution in [0.15, 0.2) is 96.2 Å². The van der Waals surface area contributed by atoms with Crippen LogP contribution in [-0.2, 0) is 0 Å². The van der Waals surface area contributed by atoms with Gasteiger partial charge in [0.2, 0.25) is 0 Å². The molecule has 0 aliphatic rings. The Morgan fingerprint density at radius 1 is 0.667 bits per heavy atom. The minimum Gasteiger partial charge on any atom is -0.508 e. The van der Waals surface area contributed by atoms with Gasteiger partial charge in [-0.15, -0.1) is 22.7 Å². The average molecular weight is 527 g/mol. The SMILES string of the molecule is C=C(O)c1ccc(Oc2c(Oc3ccccc3)c(-c3cccs3)c3nsnc3c2-c2cccs2)cc1. The first-order chi connectivity index (χ1) is 17.7. The van der Waals surface area contributed by atoms with Gasteiger partial charge in [0.1, 0.15) is 28.3 Å². The number of thiophene rings is 2. The summed E-state index contributed by atoms with van der Waals surface area (Å²) in [6.07, 6.45) is 0. The summed E-state index contributed by atoms with van der Waals surface area (Å²) in [4.78, 5) is 2.01. The average Bonchev–Trinajstić information content (AvgIpc) is 3.68. The van der Waals surface area contributed by atoms with Crippen LogP contribution in [0, 0.1) is 0 Å². The molecule has 6 aromatic rings. The van der Waals surface area contributed by atoms with E-state index in [0.717, 1.165) is 31.9 Å². The Morgan fingerprint density at radius 2 is 1.19 bits per heavy atom. The Balaban J connectivity index is 1.65. The maximum Gasteiger partial charge on any atom is 0.181 e. The van der Waals surface area contributed by atoms with Crippen molar-refractivity contribution in [3.8, 4) is 43.9 Å². The van der Waals surface area contributed by atoms with Gasteiger partial charge in [-0.3, -0.25) is 0 Å². The normalized spacial score (nSPS) is 11.0. The van der Waals surface area contributed by atoms with Gasteiger partial charge >= 0.3 is 0 Å². The highest BCUT2D eigenvalue weighted by Gasteiger charge is 2.29. The van der Waals surface area contributed by atoms with Gasteiger partial charge in [-0.1, -0.05) is 36.9 Å². The lowest BCUT2D eigenvalue weighted by Gasteiger charge is -2.19. The van der Waals surface area contributed by atoms with Crippen molar-refractivity contribution in [3.05, 3.63) is 102 Å². The number of rotatable bonds is 7. The Labute approximate surface area is 219 Å². The quantitative estimate of drug-likeness (QED) is 0.210. The molecule has 0 aliphatic carbocycles. The van der Waals surface area contributed by atoms with Gasteiger partial charge in [-0.25, -0.2) is 0 Å². The number of nitrogens with zero attached hydrogens (tertiary/aromatic N) is 2. The first kappa shape index (κ1) is 22.5. The first-order valence-corrected chi connectivity index (χ1v) is 13.5. The molecule has 176 valence electrons. The van der Waals surface area contributed by atoms with Crippen LogP contribution in [-0.4, -0.2) is 13.9 Å². The van der Waals surface area contributed by atoms with Crippen LogP contribution >= 0.6 is 34.4 Å². The molecule has 0 amide bonds. The van der Waals surface area contributed by atoms with Crippen molar-refractivity contribution in [2.24, 2.45) is 0 Å². The van der Waals surface area contributed by atoms with Crippen LogP contribution in [0.3, 0.4) is 0 Å². The zero-order valence-electron chi connectivity index (χ0n) is 18.8. The molecule has 3 heterocycles. The van der Waals surface area contributed by atoms with Gasteiger partial charge in [0.05, 0.1) is 22.9 Å². The van der Waals surface area contributed by atoms with Crippen LogP contribution in [0.25, 0.3) is 37.7 Å². The maximum absolute atomic E-state index is 9.75. The van der Waals surface area contributed by atoms with Crippen molar-refractivity contribution in [2.45, 2.75) is 0 Å². The second kappa shape index (κ2) is 9.58. The Morgan fingerprint density at radius 3 is 1.67 bits per heavy atom. The van der Waals surface area contributed by atoms with Crippen LogP contribution in [0.2, 0.25) is 0 Å². The minimum absolute atomic E-state index is 0.00359. The molecule has 0 atom stereocenters. The third-order valence-electron chi connectivity index (χ3n) is 5.53. The third-order valence-corrected chi connectivity index (χ3v) is 7.83. The van der Waals surface area contributed by atoms with Crippen molar-refractivity contribution in [1.29, 1.82) is 0 Å². The van der Waals surface area contributed by atoms with Crippen LogP contribution in [0.1, 0.15) is 5.56 Å². The lowest BCUT2D eigenvalue weighted by Crippen LogP contribution is -1.97. The predicted molar refractivity (Wildman–Crippen MR) is 149 cm³/mol. The third kappa shape index (κ3) is 4.15. The Hall–Kier alpha value is -3.98. The summed E-state index contributed by atoms with van der Waals surface area (Å²) in [6, 6.07) is 24.9. The largest absolute Gasteiger partial charge is 0.508 e. The number of aliphatic hydroxyl groups excluding tert-OH is 1. The van der Waals surface area contributed by atoms with Crippen LogP contribution < -0.4 is 9.47 Å². The molecule has 0 aliphatic heterocycles. The molecular formula is C28H18N2O3S3. The summed E-state index contributed by atoms with van der Waals surface area (Å²) in [7, 11) is 0. The highest BCUT2D eigenvalue weighted by Crippen LogP contribution is 2.54. The van der Waals surface area contributed by atoms with Gasteiger partial charge in [0.25, 0.3) is 0 Å². The van der Waals surface area contributed by atoms with E-state index in [9.17, 15) is 5.11 Å². The second-order valence-electron chi connectivity index (χ2n) is 7.81. The number of fused-ring (bicyclic) bond motifs is 1. The summed E-state index contributed by atoms with van der Waals surface area (Å²) in [5.41, 5.74) is 3.83. The monoisotopic (exact) mass is 526 g/mol. The summed E-state index contributed by atoms with van der Waals surface area (Å²) in [5.74, 6) is 2.41. The van der Waals surface area contributed by atoms with E-state index < -0.39 is 0 Å². The van der Waals surface area contributed by atoms with Crippen molar-refractivity contribution >= 4 is 51.2 Å². The molecular weight excluding hydrogens is 509 g/mol. The van der Waals surface area contributed by atoms with Gasteiger partial charge in [-0.2, -0.15) is 8.75 Å². The molecule has 0 bridgehead atoms.